The number of aromatic nitrogens is 2. The van der Waals surface area contributed by atoms with Crippen molar-refractivity contribution in [1.82, 2.24) is 15.0 Å². The summed E-state index contributed by atoms with van der Waals surface area (Å²) >= 11 is 3.42. The first kappa shape index (κ1) is 15.8. The second-order valence-electron chi connectivity index (χ2n) is 6.05. The van der Waals surface area contributed by atoms with Crippen LogP contribution in [-0.2, 0) is 6.54 Å². The van der Waals surface area contributed by atoms with E-state index in [9.17, 15) is 0 Å². The van der Waals surface area contributed by atoms with E-state index in [-0.39, 0.29) is 0 Å². The summed E-state index contributed by atoms with van der Waals surface area (Å²) in [7, 11) is 0. The van der Waals surface area contributed by atoms with Crippen LogP contribution in [0, 0.1) is 6.92 Å². The van der Waals surface area contributed by atoms with Gasteiger partial charge in [0.25, 0.3) is 0 Å². The number of thiazole rings is 1. The van der Waals surface area contributed by atoms with Gasteiger partial charge >= 0.3 is 0 Å². The highest BCUT2D eigenvalue weighted by atomic mass is 32.1. The normalized spacial score (nSPS) is 16.5. The third-order valence-electron chi connectivity index (χ3n) is 4.17. The van der Waals surface area contributed by atoms with Crippen molar-refractivity contribution >= 4 is 27.8 Å². The fourth-order valence-electron chi connectivity index (χ4n) is 2.96. The summed E-state index contributed by atoms with van der Waals surface area (Å²) in [6.45, 7) is 7.10. The van der Waals surface area contributed by atoms with Crippen LogP contribution < -0.4 is 4.90 Å². The Hall–Kier alpha value is -1.70. The van der Waals surface area contributed by atoms with Crippen LogP contribution in [0.4, 0.5) is 5.13 Å². The Balaban J connectivity index is 1.37. The van der Waals surface area contributed by atoms with E-state index in [0.29, 0.717) is 0 Å². The Morgan fingerprint density at radius 2 is 2.17 bits per heavy atom. The summed E-state index contributed by atoms with van der Waals surface area (Å²) in [5.74, 6) is 0.870. The fourth-order valence-corrected chi connectivity index (χ4v) is 4.49. The molecule has 24 heavy (non-hydrogen) atoms. The molecule has 1 saturated heterocycles. The predicted molar refractivity (Wildman–Crippen MR) is 98.8 cm³/mol. The maximum atomic E-state index is 5.49. The number of rotatable bonds is 4. The topological polar surface area (TPSA) is 45.4 Å². The first-order chi connectivity index (χ1) is 11.8. The van der Waals surface area contributed by atoms with Crippen LogP contribution in [0.25, 0.3) is 10.6 Å². The molecule has 0 bridgehead atoms. The van der Waals surface area contributed by atoms with Crippen LogP contribution in [0.15, 0.2) is 33.5 Å². The van der Waals surface area contributed by atoms with Gasteiger partial charge < -0.3 is 9.42 Å². The highest BCUT2D eigenvalue weighted by molar-refractivity contribution is 7.13. The lowest BCUT2D eigenvalue weighted by Crippen LogP contribution is -2.30. The van der Waals surface area contributed by atoms with Crippen molar-refractivity contribution < 1.29 is 4.52 Å². The Morgan fingerprint density at radius 1 is 1.21 bits per heavy atom. The number of thiophene rings is 1. The quantitative estimate of drug-likeness (QED) is 0.706. The minimum absolute atomic E-state index is 0.847. The van der Waals surface area contributed by atoms with Gasteiger partial charge in [-0.3, -0.25) is 4.90 Å². The molecule has 0 aliphatic carbocycles. The van der Waals surface area contributed by atoms with Crippen molar-refractivity contribution in [2.75, 3.05) is 31.1 Å². The standard InChI is InChI=1S/C17H20N4OS2/c1-13-12-24-17(18-13)21-6-3-5-20(7-8-21)11-14-10-15(22-19-14)16-4-2-9-23-16/h2,4,9-10,12H,3,5-8,11H2,1H3. The van der Waals surface area contributed by atoms with Gasteiger partial charge in [0.1, 0.15) is 0 Å². The average molecular weight is 361 g/mol. The van der Waals surface area contributed by atoms with Crippen molar-refractivity contribution in [3.63, 3.8) is 0 Å². The van der Waals surface area contributed by atoms with Crippen LogP contribution >= 0.6 is 22.7 Å². The molecule has 0 aromatic carbocycles. The third-order valence-corrected chi connectivity index (χ3v) is 6.08. The first-order valence-corrected chi connectivity index (χ1v) is 9.93. The molecular weight excluding hydrogens is 340 g/mol. The lowest BCUT2D eigenvalue weighted by atomic mass is 10.3. The fraction of sp³-hybridized carbons (Fsp3) is 0.412. The molecule has 3 aromatic rings. The lowest BCUT2D eigenvalue weighted by molar-refractivity contribution is 0.275. The van der Waals surface area contributed by atoms with Crippen LogP contribution in [0.1, 0.15) is 17.8 Å². The molecule has 0 radical (unpaired) electrons. The van der Waals surface area contributed by atoms with Gasteiger partial charge in [-0.05, 0) is 24.8 Å². The molecule has 0 atom stereocenters. The van der Waals surface area contributed by atoms with Gasteiger partial charge in [-0.2, -0.15) is 0 Å². The zero-order valence-corrected chi connectivity index (χ0v) is 15.3. The number of aryl methyl sites for hydroxylation is 1. The molecule has 5 nitrogen and oxygen atoms in total. The van der Waals surface area contributed by atoms with Crippen LogP contribution in [0.2, 0.25) is 0 Å². The van der Waals surface area contributed by atoms with Gasteiger partial charge in [0.2, 0.25) is 0 Å². The van der Waals surface area contributed by atoms with Gasteiger partial charge in [-0.25, -0.2) is 4.98 Å². The van der Waals surface area contributed by atoms with E-state index in [2.05, 4.69) is 49.8 Å². The molecule has 3 aromatic heterocycles. The van der Waals surface area contributed by atoms with Crippen LogP contribution in [0.5, 0.6) is 0 Å². The molecule has 1 fully saturated rings. The maximum Gasteiger partial charge on any atom is 0.185 e. The molecular formula is C17H20N4OS2. The van der Waals surface area contributed by atoms with E-state index in [4.69, 9.17) is 4.52 Å². The summed E-state index contributed by atoms with van der Waals surface area (Å²) in [5, 5.41) is 9.57. The van der Waals surface area contributed by atoms with Crippen molar-refractivity contribution in [2.45, 2.75) is 19.9 Å². The zero-order valence-electron chi connectivity index (χ0n) is 13.6. The number of hydrogen-bond donors (Lipinski definition) is 0. The van der Waals surface area contributed by atoms with Gasteiger partial charge in [0, 0.05) is 44.2 Å². The Bertz CT molecular complexity index is 780. The molecule has 0 spiro atoms. The molecule has 0 saturated carbocycles. The lowest BCUT2D eigenvalue weighted by Gasteiger charge is -2.20. The van der Waals surface area contributed by atoms with E-state index in [1.54, 1.807) is 22.7 Å². The van der Waals surface area contributed by atoms with Gasteiger partial charge in [-0.15, -0.1) is 22.7 Å². The molecule has 1 aliphatic rings. The van der Waals surface area contributed by atoms with Crippen molar-refractivity contribution in [1.29, 1.82) is 0 Å². The summed E-state index contributed by atoms with van der Waals surface area (Å²) in [6, 6.07) is 6.17. The largest absolute Gasteiger partial charge is 0.355 e. The molecule has 7 heteroatoms. The Morgan fingerprint density at radius 3 is 2.96 bits per heavy atom. The summed E-state index contributed by atoms with van der Waals surface area (Å²) in [5.41, 5.74) is 2.12. The number of hydrogen-bond acceptors (Lipinski definition) is 7. The number of nitrogens with zero attached hydrogens (tertiary/aromatic N) is 4. The van der Waals surface area contributed by atoms with Gasteiger partial charge in [0.15, 0.2) is 10.9 Å². The van der Waals surface area contributed by atoms with Crippen LogP contribution in [-0.4, -0.2) is 41.2 Å². The van der Waals surface area contributed by atoms with Crippen molar-refractivity contribution in [2.24, 2.45) is 0 Å². The first-order valence-electron chi connectivity index (χ1n) is 8.17. The minimum Gasteiger partial charge on any atom is -0.355 e. The van der Waals surface area contributed by atoms with E-state index >= 15 is 0 Å². The molecule has 0 unspecified atom stereocenters. The molecule has 0 amide bonds. The summed E-state index contributed by atoms with van der Waals surface area (Å²) in [4.78, 5) is 10.6. The van der Waals surface area contributed by atoms with E-state index in [0.717, 1.165) is 66.3 Å². The summed E-state index contributed by atoms with van der Waals surface area (Å²) in [6.07, 6.45) is 1.15. The molecule has 4 rings (SSSR count). The zero-order chi connectivity index (χ0) is 16.4. The van der Waals surface area contributed by atoms with E-state index in [1.165, 1.54) is 0 Å². The minimum atomic E-state index is 0.847. The second-order valence-corrected chi connectivity index (χ2v) is 7.83. The predicted octanol–water partition coefficient (Wildman–Crippen LogP) is 3.88. The molecule has 126 valence electrons. The SMILES string of the molecule is Cc1csc(N2CCCN(Cc3cc(-c4cccs4)on3)CC2)n1. The average Bonchev–Trinajstić information content (AvgIpc) is 3.29. The highest BCUT2D eigenvalue weighted by Crippen LogP contribution is 2.26. The second kappa shape index (κ2) is 7.04. The van der Waals surface area contributed by atoms with Crippen molar-refractivity contribution in [3.05, 3.63) is 40.3 Å². The van der Waals surface area contributed by atoms with Crippen LogP contribution in [0.3, 0.4) is 0 Å². The highest BCUT2D eigenvalue weighted by Gasteiger charge is 2.18. The maximum absolute atomic E-state index is 5.49. The smallest absolute Gasteiger partial charge is 0.185 e. The van der Waals surface area contributed by atoms with Crippen molar-refractivity contribution in [3.8, 4) is 10.6 Å². The summed E-state index contributed by atoms with van der Waals surface area (Å²) < 4.78 is 5.49. The third kappa shape index (κ3) is 3.53. The molecule has 0 N–H and O–H groups in total. The van der Waals surface area contributed by atoms with E-state index in [1.807, 2.05) is 6.07 Å². The van der Waals surface area contributed by atoms with Gasteiger partial charge in [0.05, 0.1) is 16.3 Å². The molecule has 4 heterocycles. The number of anilines is 1. The Kier molecular flexibility index (Phi) is 4.64. The van der Waals surface area contributed by atoms with Gasteiger partial charge in [-0.1, -0.05) is 11.2 Å². The Labute approximate surface area is 149 Å². The molecule has 1 aliphatic heterocycles. The monoisotopic (exact) mass is 360 g/mol. The van der Waals surface area contributed by atoms with E-state index < -0.39 is 0 Å².